The number of amides is 1. The number of piperidine rings is 1. The summed E-state index contributed by atoms with van der Waals surface area (Å²) in [6, 6.07) is 6.59. The lowest BCUT2D eigenvalue weighted by molar-refractivity contribution is -0.116. The molecule has 2 aromatic heterocycles. The summed E-state index contributed by atoms with van der Waals surface area (Å²) in [5.74, 6) is -0.381. The first-order valence-corrected chi connectivity index (χ1v) is 11.4. The monoisotopic (exact) mass is 455 g/mol. The smallest absolute Gasteiger partial charge is 0.340 e. The molecular weight excluding hydrogens is 430 g/mol. The lowest BCUT2D eigenvalue weighted by atomic mass is 10.0. The lowest BCUT2D eigenvalue weighted by Crippen LogP contribution is -2.34. The lowest BCUT2D eigenvalue weighted by Gasteiger charge is -2.30. The van der Waals surface area contributed by atoms with Crippen LogP contribution in [0.15, 0.2) is 35.4 Å². The van der Waals surface area contributed by atoms with Gasteiger partial charge >= 0.3 is 5.97 Å². The molecule has 32 heavy (non-hydrogen) atoms. The normalized spacial score (nSPS) is 16.2. The van der Waals surface area contributed by atoms with Crippen LogP contribution in [0.5, 0.6) is 0 Å². The second-order valence-electron chi connectivity index (χ2n) is 7.83. The summed E-state index contributed by atoms with van der Waals surface area (Å²) in [7, 11) is 0. The average molecular weight is 456 g/mol. The van der Waals surface area contributed by atoms with E-state index in [-0.39, 0.29) is 24.3 Å². The average Bonchev–Trinajstić information content (AvgIpc) is 3.22. The Morgan fingerprint density at radius 1 is 1.31 bits per heavy atom. The zero-order valence-electron chi connectivity index (χ0n) is 18.0. The number of ether oxygens (including phenoxy) is 1. The first kappa shape index (κ1) is 21.9. The molecule has 1 N–H and O–H groups in total. The Hall–Kier alpha value is -3.27. The van der Waals surface area contributed by atoms with Gasteiger partial charge in [-0.2, -0.15) is 4.98 Å². The summed E-state index contributed by atoms with van der Waals surface area (Å²) in [6.07, 6.45) is 3.63. The van der Waals surface area contributed by atoms with Crippen LogP contribution in [0.1, 0.15) is 37.0 Å². The summed E-state index contributed by atoms with van der Waals surface area (Å²) in [5, 5.41) is 3.48. The summed E-state index contributed by atoms with van der Waals surface area (Å²) in [6.45, 7) is 5.76. The Balaban J connectivity index is 1.52. The van der Waals surface area contributed by atoms with E-state index in [1.807, 2.05) is 0 Å². The molecule has 0 bridgehead atoms. The first-order chi connectivity index (χ1) is 15.5. The van der Waals surface area contributed by atoms with Gasteiger partial charge in [0.25, 0.3) is 5.56 Å². The Morgan fingerprint density at radius 2 is 2.12 bits per heavy atom. The fourth-order valence-electron chi connectivity index (χ4n) is 3.77. The van der Waals surface area contributed by atoms with Gasteiger partial charge in [0.1, 0.15) is 17.6 Å². The van der Waals surface area contributed by atoms with Crippen molar-refractivity contribution in [1.29, 1.82) is 0 Å². The maximum atomic E-state index is 13.0. The number of fused-ring (bicyclic) bond motifs is 1. The van der Waals surface area contributed by atoms with Crippen molar-refractivity contribution >= 4 is 44.4 Å². The number of thiazole rings is 1. The van der Waals surface area contributed by atoms with Gasteiger partial charge in [0.2, 0.25) is 5.91 Å². The largest absolute Gasteiger partial charge is 0.462 e. The molecule has 10 heteroatoms. The molecule has 168 valence electrons. The van der Waals surface area contributed by atoms with Crippen LogP contribution in [0, 0.1) is 5.92 Å². The summed E-state index contributed by atoms with van der Waals surface area (Å²) in [4.78, 5) is 48.7. The number of nitrogens with zero attached hydrogens (tertiary/aromatic N) is 4. The molecule has 0 spiro atoms. The zero-order valence-corrected chi connectivity index (χ0v) is 18.9. The molecule has 1 aliphatic heterocycles. The molecule has 1 aliphatic rings. The second kappa shape index (κ2) is 9.47. The number of hydrogen-bond donors (Lipinski definition) is 1. The number of anilines is 2. The minimum atomic E-state index is -0.520. The quantitative estimate of drug-likeness (QED) is 0.570. The van der Waals surface area contributed by atoms with Gasteiger partial charge in [0.05, 0.1) is 17.9 Å². The van der Waals surface area contributed by atoms with Crippen LogP contribution in [0.25, 0.3) is 10.3 Å². The van der Waals surface area contributed by atoms with Crippen LogP contribution in [0.4, 0.5) is 10.8 Å². The molecule has 1 fully saturated rings. The highest BCUT2D eigenvalue weighted by molar-refractivity contribution is 7.22. The van der Waals surface area contributed by atoms with E-state index in [0.29, 0.717) is 22.0 Å². The molecular formula is C22H25N5O4S. The van der Waals surface area contributed by atoms with E-state index in [9.17, 15) is 14.4 Å². The molecule has 3 heterocycles. The van der Waals surface area contributed by atoms with Gasteiger partial charge in [0, 0.05) is 13.1 Å². The van der Waals surface area contributed by atoms with Crippen LogP contribution >= 0.6 is 11.3 Å². The van der Waals surface area contributed by atoms with E-state index in [1.54, 1.807) is 31.2 Å². The van der Waals surface area contributed by atoms with Gasteiger partial charge in [-0.15, -0.1) is 0 Å². The van der Waals surface area contributed by atoms with Crippen molar-refractivity contribution in [1.82, 2.24) is 14.5 Å². The maximum Gasteiger partial charge on any atom is 0.340 e. The van der Waals surface area contributed by atoms with Gasteiger partial charge in [-0.25, -0.2) is 9.78 Å². The zero-order chi connectivity index (χ0) is 22.7. The van der Waals surface area contributed by atoms with Crippen molar-refractivity contribution in [3.63, 3.8) is 0 Å². The van der Waals surface area contributed by atoms with Crippen molar-refractivity contribution in [3.8, 4) is 0 Å². The van der Waals surface area contributed by atoms with Crippen LogP contribution in [0.2, 0.25) is 0 Å². The van der Waals surface area contributed by atoms with Crippen molar-refractivity contribution in [3.05, 3.63) is 46.5 Å². The third-order valence-corrected chi connectivity index (χ3v) is 6.40. The van der Waals surface area contributed by atoms with Gasteiger partial charge in [-0.1, -0.05) is 30.4 Å². The fourth-order valence-corrected chi connectivity index (χ4v) is 4.77. The number of esters is 1. The van der Waals surface area contributed by atoms with E-state index in [0.717, 1.165) is 24.6 Å². The highest BCUT2D eigenvalue weighted by Crippen LogP contribution is 2.29. The number of para-hydroxylation sites is 1. The Morgan fingerprint density at radius 3 is 2.91 bits per heavy atom. The number of aromatic nitrogens is 3. The predicted molar refractivity (Wildman–Crippen MR) is 123 cm³/mol. The minimum absolute atomic E-state index is 0.229. The number of rotatable bonds is 6. The minimum Gasteiger partial charge on any atom is -0.462 e. The molecule has 0 saturated carbocycles. The highest BCUT2D eigenvalue weighted by Gasteiger charge is 2.21. The van der Waals surface area contributed by atoms with Gasteiger partial charge in [0.15, 0.2) is 10.8 Å². The topological polar surface area (TPSA) is 106 Å². The number of hydrogen-bond acceptors (Lipinski definition) is 8. The second-order valence-corrected chi connectivity index (χ2v) is 8.81. The standard InChI is InChI=1S/C22H25N5O4S/c1-3-31-21(30)15-8-4-5-9-16(15)24-17(28)12-27-13-23-19-18(20(27)29)32-22(25-19)26-10-6-7-14(2)11-26/h4-5,8-9,13-14H,3,6-7,10-12H2,1-2H3,(H,24,28)/t14-/m1/s1. The number of benzene rings is 1. The number of carbonyl (C=O) groups excluding carboxylic acids is 2. The molecule has 0 radical (unpaired) electrons. The number of nitrogens with one attached hydrogen (secondary N) is 1. The predicted octanol–water partition coefficient (Wildman–Crippen LogP) is 2.90. The third kappa shape index (κ3) is 4.64. The molecule has 1 saturated heterocycles. The molecule has 3 aromatic rings. The molecule has 1 atom stereocenters. The SMILES string of the molecule is CCOC(=O)c1ccccc1NC(=O)Cn1cnc2nc(N3CCC[C@@H](C)C3)sc2c1=O. The third-order valence-electron chi connectivity index (χ3n) is 5.31. The number of carbonyl (C=O) groups is 2. The van der Waals surface area contributed by atoms with E-state index >= 15 is 0 Å². The summed E-state index contributed by atoms with van der Waals surface area (Å²) < 4.78 is 6.72. The maximum absolute atomic E-state index is 13.0. The fraction of sp³-hybridized carbons (Fsp3) is 0.409. The van der Waals surface area contributed by atoms with E-state index in [1.165, 1.54) is 28.7 Å². The van der Waals surface area contributed by atoms with Crippen LogP contribution in [-0.4, -0.2) is 46.1 Å². The molecule has 1 amide bonds. The summed E-state index contributed by atoms with van der Waals surface area (Å²) >= 11 is 1.32. The molecule has 0 aliphatic carbocycles. The van der Waals surface area contributed by atoms with Gasteiger partial charge in [-0.05, 0) is 37.8 Å². The van der Waals surface area contributed by atoms with E-state index in [2.05, 4.69) is 27.1 Å². The van der Waals surface area contributed by atoms with Crippen molar-refractivity contribution in [2.24, 2.45) is 5.92 Å². The van der Waals surface area contributed by atoms with Gasteiger partial charge in [-0.3, -0.25) is 14.2 Å². The Kier molecular flexibility index (Phi) is 6.50. The molecule has 9 nitrogen and oxygen atoms in total. The van der Waals surface area contributed by atoms with Crippen LogP contribution in [-0.2, 0) is 16.1 Å². The van der Waals surface area contributed by atoms with Crippen molar-refractivity contribution < 1.29 is 14.3 Å². The van der Waals surface area contributed by atoms with Crippen molar-refractivity contribution in [2.45, 2.75) is 33.2 Å². The first-order valence-electron chi connectivity index (χ1n) is 10.6. The van der Waals surface area contributed by atoms with Crippen LogP contribution in [0.3, 0.4) is 0 Å². The Labute approximate surface area is 189 Å². The van der Waals surface area contributed by atoms with Gasteiger partial charge < -0.3 is 15.0 Å². The van der Waals surface area contributed by atoms with E-state index in [4.69, 9.17) is 4.74 Å². The molecule has 0 unspecified atom stereocenters. The molecule has 4 rings (SSSR count). The summed E-state index contributed by atoms with van der Waals surface area (Å²) in [5.41, 5.74) is 0.680. The van der Waals surface area contributed by atoms with E-state index < -0.39 is 11.9 Å². The highest BCUT2D eigenvalue weighted by atomic mass is 32.1. The van der Waals surface area contributed by atoms with Crippen molar-refractivity contribution in [2.75, 3.05) is 29.9 Å². The Bertz CT molecular complexity index is 1200. The molecule has 1 aromatic carbocycles. The van der Waals surface area contributed by atoms with Crippen LogP contribution < -0.4 is 15.8 Å².